The second-order valence-electron chi connectivity index (χ2n) is 6.41. The van der Waals surface area contributed by atoms with Crippen molar-refractivity contribution in [3.8, 4) is 0 Å². The molecule has 2 aliphatic rings. The van der Waals surface area contributed by atoms with Gasteiger partial charge in [0.25, 0.3) is 5.91 Å². The Morgan fingerprint density at radius 2 is 2.08 bits per heavy atom. The fourth-order valence-corrected chi connectivity index (χ4v) is 4.10. The molecule has 1 atom stereocenters. The highest BCUT2D eigenvalue weighted by Gasteiger charge is 2.30. The van der Waals surface area contributed by atoms with Gasteiger partial charge < -0.3 is 14.5 Å². The minimum atomic E-state index is -0.00731. The second-order valence-corrected chi connectivity index (χ2v) is 7.35. The van der Waals surface area contributed by atoms with Crippen molar-refractivity contribution in [3.63, 3.8) is 0 Å². The first-order valence-electron chi connectivity index (χ1n) is 8.79. The molecule has 0 spiro atoms. The maximum Gasteiger partial charge on any atom is 0.273 e. The standard InChI is InChI=1S/C17H25N3O3S/c1-2-4-15-18-14(12-24-15)17(22)20-7-3-6-19(8-9-20)16(21)13-5-10-23-11-13/h12-13H,2-11H2,1H3. The molecular formula is C17H25N3O3S. The van der Waals surface area contributed by atoms with Crippen LogP contribution >= 0.6 is 11.3 Å². The zero-order valence-electron chi connectivity index (χ0n) is 14.2. The van der Waals surface area contributed by atoms with E-state index in [4.69, 9.17) is 4.74 Å². The van der Waals surface area contributed by atoms with Crippen molar-refractivity contribution >= 4 is 23.2 Å². The molecule has 0 radical (unpaired) electrons. The van der Waals surface area contributed by atoms with E-state index in [2.05, 4.69) is 11.9 Å². The largest absolute Gasteiger partial charge is 0.381 e. The van der Waals surface area contributed by atoms with E-state index >= 15 is 0 Å². The summed E-state index contributed by atoms with van der Waals surface area (Å²) >= 11 is 1.56. The fourth-order valence-electron chi connectivity index (χ4n) is 3.23. The summed E-state index contributed by atoms with van der Waals surface area (Å²) in [6.45, 7) is 5.92. The lowest BCUT2D eigenvalue weighted by Gasteiger charge is -2.23. The Bertz CT molecular complexity index is 583. The molecule has 3 rings (SSSR count). The van der Waals surface area contributed by atoms with Crippen LogP contribution in [0.2, 0.25) is 0 Å². The number of aromatic nitrogens is 1. The highest BCUT2D eigenvalue weighted by molar-refractivity contribution is 7.09. The van der Waals surface area contributed by atoms with E-state index < -0.39 is 0 Å². The van der Waals surface area contributed by atoms with E-state index in [1.807, 2.05) is 15.2 Å². The third-order valence-electron chi connectivity index (χ3n) is 4.61. The lowest BCUT2D eigenvalue weighted by molar-refractivity contribution is -0.135. The Hall–Kier alpha value is -1.47. The van der Waals surface area contributed by atoms with Gasteiger partial charge in [0.05, 0.1) is 17.5 Å². The predicted octanol–water partition coefficient (Wildman–Crippen LogP) is 1.81. The molecule has 2 fully saturated rings. The molecule has 7 heteroatoms. The molecular weight excluding hydrogens is 326 g/mol. The number of thiazole rings is 1. The summed E-state index contributed by atoms with van der Waals surface area (Å²) in [7, 11) is 0. The average Bonchev–Trinajstić information content (AvgIpc) is 3.21. The van der Waals surface area contributed by atoms with Gasteiger partial charge in [0, 0.05) is 38.2 Å². The van der Waals surface area contributed by atoms with Crippen LogP contribution in [-0.4, -0.2) is 66.0 Å². The number of carbonyl (C=O) groups is 2. The van der Waals surface area contributed by atoms with Crippen LogP contribution in [0.3, 0.4) is 0 Å². The SMILES string of the molecule is CCCc1nc(C(=O)N2CCCN(C(=O)C3CCOC3)CC2)cs1. The minimum Gasteiger partial charge on any atom is -0.381 e. The lowest BCUT2D eigenvalue weighted by atomic mass is 10.1. The van der Waals surface area contributed by atoms with E-state index in [0.29, 0.717) is 38.5 Å². The Kier molecular flexibility index (Phi) is 5.84. The molecule has 2 amide bonds. The average molecular weight is 351 g/mol. The van der Waals surface area contributed by atoms with Crippen LogP contribution in [0.25, 0.3) is 0 Å². The smallest absolute Gasteiger partial charge is 0.273 e. The number of amides is 2. The van der Waals surface area contributed by atoms with Crippen molar-refractivity contribution in [2.45, 2.75) is 32.6 Å². The number of ether oxygens (including phenoxy) is 1. The maximum absolute atomic E-state index is 12.6. The molecule has 1 aromatic heterocycles. The number of hydrogen-bond acceptors (Lipinski definition) is 5. The summed E-state index contributed by atoms with van der Waals surface area (Å²) in [5.74, 6) is 0.176. The number of hydrogen-bond donors (Lipinski definition) is 0. The quantitative estimate of drug-likeness (QED) is 0.830. The van der Waals surface area contributed by atoms with Crippen molar-refractivity contribution in [2.24, 2.45) is 5.92 Å². The monoisotopic (exact) mass is 351 g/mol. The number of aryl methyl sites for hydroxylation is 1. The van der Waals surface area contributed by atoms with Gasteiger partial charge in [-0.15, -0.1) is 11.3 Å². The van der Waals surface area contributed by atoms with E-state index in [-0.39, 0.29) is 17.7 Å². The van der Waals surface area contributed by atoms with Crippen LogP contribution in [0.1, 0.15) is 41.7 Å². The Morgan fingerprint density at radius 1 is 1.29 bits per heavy atom. The topological polar surface area (TPSA) is 62.7 Å². The molecule has 132 valence electrons. The summed E-state index contributed by atoms with van der Waals surface area (Å²) in [5, 5.41) is 2.88. The molecule has 1 unspecified atom stereocenters. The molecule has 1 aromatic rings. The molecule has 0 aliphatic carbocycles. The van der Waals surface area contributed by atoms with Crippen molar-refractivity contribution in [3.05, 3.63) is 16.1 Å². The maximum atomic E-state index is 12.6. The second kappa shape index (κ2) is 8.07. The van der Waals surface area contributed by atoms with Gasteiger partial charge in [-0.2, -0.15) is 0 Å². The summed E-state index contributed by atoms with van der Waals surface area (Å²) in [6, 6.07) is 0. The summed E-state index contributed by atoms with van der Waals surface area (Å²) < 4.78 is 5.32. The van der Waals surface area contributed by atoms with Crippen molar-refractivity contribution in [1.82, 2.24) is 14.8 Å². The third-order valence-corrected chi connectivity index (χ3v) is 5.52. The van der Waals surface area contributed by atoms with Crippen molar-refractivity contribution < 1.29 is 14.3 Å². The normalized spacial score (nSPS) is 21.8. The lowest BCUT2D eigenvalue weighted by Crippen LogP contribution is -2.40. The van der Waals surface area contributed by atoms with E-state index in [1.54, 1.807) is 11.3 Å². The van der Waals surface area contributed by atoms with Gasteiger partial charge in [-0.05, 0) is 25.7 Å². The molecule has 0 bridgehead atoms. The van der Waals surface area contributed by atoms with Crippen LogP contribution in [0.15, 0.2) is 5.38 Å². The van der Waals surface area contributed by atoms with Gasteiger partial charge in [-0.1, -0.05) is 6.92 Å². The van der Waals surface area contributed by atoms with Crippen LogP contribution in [0, 0.1) is 5.92 Å². The molecule has 24 heavy (non-hydrogen) atoms. The van der Waals surface area contributed by atoms with Crippen LogP contribution in [0.4, 0.5) is 0 Å². The summed E-state index contributed by atoms with van der Waals surface area (Å²) in [5.41, 5.74) is 0.549. The predicted molar refractivity (Wildman–Crippen MR) is 92.1 cm³/mol. The number of carbonyl (C=O) groups excluding carboxylic acids is 2. The van der Waals surface area contributed by atoms with Crippen molar-refractivity contribution in [2.75, 3.05) is 39.4 Å². The van der Waals surface area contributed by atoms with Crippen LogP contribution in [-0.2, 0) is 16.0 Å². The Morgan fingerprint density at radius 3 is 2.83 bits per heavy atom. The molecule has 0 saturated carbocycles. The van der Waals surface area contributed by atoms with Gasteiger partial charge in [0.1, 0.15) is 5.69 Å². The highest BCUT2D eigenvalue weighted by Crippen LogP contribution is 2.18. The first kappa shape index (κ1) is 17.4. The third kappa shape index (κ3) is 3.95. The minimum absolute atomic E-state index is 0.00222. The molecule has 2 aliphatic heterocycles. The zero-order valence-corrected chi connectivity index (χ0v) is 15.0. The van der Waals surface area contributed by atoms with E-state index in [1.165, 1.54) is 0 Å². The van der Waals surface area contributed by atoms with Gasteiger partial charge in [0.2, 0.25) is 5.91 Å². The zero-order chi connectivity index (χ0) is 16.9. The Labute approximate surface area is 146 Å². The molecule has 0 aromatic carbocycles. The van der Waals surface area contributed by atoms with Crippen molar-refractivity contribution in [1.29, 1.82) is 0 Å². The van der Waals surface area contributed by atoms with E-state index in [0.717, 1.165) is 37.2 Å². The van der Waals surface area contributed by atoms with Gasteiger partial charge in [0.15, 0.2) is 0 Å². The van der Waals surface area contributed by atoms with Gasteiger partial charge in [-0.25, -0.2) is 4.98 Å². The molecule has 3 heterocycles. The summed E-state index contributed by atoms with van der Waals surface area (Å²) in [6.07, 6.45) is 3.59. The Balaban J connectivity index is 1.57. The number of rotatable bonds is 4. The molecule has 2 saturated heterocycles. The molecule has 6 nitrogen and oxygen atoms in total. The van der Waals surface area contributed by atoms with Crippen LogP contribution < -0.4 is 0 Å². The number of nitrogens with zero attached hydrogens (tertiary/aromatic N) is 3. The summed E-state index contributed by atoms with van der Waals surface area (Å²) in [4.78, 5) is 33.3. The van der Waals surface area contributed by atoms with Gasteiger partial charge in [-0.3, -0.25) is 9.59 Å². The first-order chi connectivity index (χ1) is 11.7. The van der Waals surface area contributed by atoms with Gasteiger partial charge >= 0.3 is 0 Å². The first-order valence-corrected chi connectivity index (χ1v) is 9.67. The fraction of sp³-hybridized carbons (Fsp3) is 0.706. The molecule has 0 N–H and O–H groups in total. The highest BCUT2D eigenvalue weighted by atomic mass is 32.1. The van der Waals surface area contributed by atoms with Crippen LogP contribution in [0.5, 0.6) is 0 Å². The van der Waals surface area contributed by atoms with E-state index in [9.17, 15) is 9.59 Å².